The molecule has 0 saturated carbocycles. The van der Waals surface area contributed by atoms with E-state index in [1.165, 1.54) is 16.4 Å². The summed E-state index contributed by atoms with van der Waals surface area (Å²) in [6, 6.07) is 10.3. The Bertz CT molecular complexity index is 1530. The standard InChI is InChI=1S/C31H41N6O7P/c1-4-20(5-2)15-41-30(40)19(3)36-45(44-24-12-8-10-21-9-6-7-11-22(21)24)42-16-25-27(38)28(39)31(17-32,43-25)26-14-13-23-29(33)34-18-35-37(23)26/h8,10,12-14,18-20,25,27-28,36,38-39H,4-7,9,11,15-16H2,1-3H3,(H2,33,34,35)/t19-,25+,27+,28+,31-,45?/m0/s1. The van der Waals surface area contributed by atoms with Crippen LogP contribution in [0.1, 0.15) is 63.3 Å². The maximum atomic E-state index is 12.9. The van der Waals surface area contributed by atoms with E-state index in [0.717, 1.165) is 44.1 Å². The summed E-state index contributed by atoms with van der Waals surface area (Å²) >= 11 is 0. The number of aliphatic hydroxyl groups excluding tert-OH is 2. The minimum Gasteiger partial charge on any atom is -0.464 e. The monoisotopic (exact) mass is 640 g/mol. The lowest BCUT2D eigenvalue weighted by molar-refractivity contribution is -0.146. The summed E-state index contributed by atoms with van der Waals surface area (Å²) in [5.74, 6) is 0.676. The second-order valence-electron chi connectivity index (χ2n) is 11.5. The summed E-state index contributed by atoms with van der Waals surface area (Å²) in [5.41, 5.74) is 6.91. The average molecular weight is 641 g/mol. The van der Waals surface area contributed by atoms with Crippen molar-refractivity contribution in [1.82, 2.24) is 19.7 Å². The fourth-order valence-electron chi connectivity index (χ4n) is 5.76. The zero-order chi connectivity index (χ0) is 32.1. The lowest BCUT2D eigenvalue weighted by Crippen LogP contribution is -2.41. The largest absolute Gasteiger partial charge is 0.464 e. The quantitative estimate of drug-likeness (QED) is 0.158. The normalized spacial score (nSPS) is 24.2. The highest BCUT2D eigenvalue weighted by atomic mass is 31.2. The predicted molar refractivity (Wildman–Crippen MR) is 166 cm³/mol. The van der Waals surface area contributed by atoms with E-state index < -0.39 is 44.5 Å². The maximum Gasteiger partial charge on any atom is 0.323 e. The highest BCUT2D eigenvalue weighted by Gasteiger charge is 2.57. The molecule has 6 atom stereocenters. The number of fused-ring (bicyclic) bond motifs is 2. The van der Waals surface area contributed by atoms with E-state index in [4.69, 9.17) is 24.3 Å². The van der Waals surface area contributed by atoms with Gasteiger partial charge in [0, 0.05) is 0 Å². The lowest BCUT2D eigenvalue weighted by atomic mass is 9.91. The molecule has 1 saturated heterocycles. The van der Waals surface area contributed by atoms with Crippen LogP contribution in [0.2, 0.25) is 0 Å². The number of hydrogen-bond acceptors (Lipinski definition) is 12. The third-order valence-electron chi connectivity index (χ3n) is 8.65. The van der Waals surface area contributed by atoms with Crippen LogP contribution in [0.25, 0.3) is 5.52 Å². The summed E-state index contributed by atoms with van der Waals surface area (Å²) in [6.45, 7) is 5.86. The minimum absolute atomic E-state index is 0.182. The molecule has 3 heterocycles. The van der Waals surface area contributed by atoms with E-state index in [1.807, 2.05) is 18.2 Å². The molecule has 0 spiro atoms. The minimum atomic E-state index is -1.97. The Morgan fingerprint density at radius 1 is 1.27 bits per heavy atom. The van der Waals surface area contributed by atoms with Crippen molar-refractivity contribution < 1.29 is 33.5 Å². The van der Waals surface area contributed by atoms with Gasteiger partial charge in [0.2, 0.25) is 5.60 Å². The molecule has 0 radical (unpaired) electrons. The number of hydrogen-bond donors (Lipinski definition) is 4. The summed E-state index contributed by atoms with van der Waals surface area (Å²) in [6.07, 6.45) is 2.76. The van der Waals surface area contributed by atoms with E-state index >= 15 is 0 Å². The topological polar surface area (TPSA) is 186 Å². The van der Waals surface area contributed by atoms with E-state index in [-0.39, 0.29) is 24.0 Å². The van der Waals surface area contributed by atoms with Gasteiger partial charge in [-0.05, 0) is 67.9 Å². The Hall–Kier alpha value is -3.37. The number of aliphatic hydroxyl groups is 2. The van der Waals surface area contributed by atoms with Gasteiger partial charge < -0.3 is 34.5 Å². The highest BCUT2D eigenvalue weighted by Crippen LogP contribution is 2.44. The van der Waals surface area contributed by atoms with Gasteiger partial charge in [0.05, 0.1) is 18.9 Å². The summed E-state index contributed by atoms with van der Waals surface area (Å²) in [4.78, 5) is 16.9. The van der Waals surface area contributed by atoms with Crippen LogP contribution in [0.3, 0.4) is 0 Å². The van der Waals surface area contributed by atoms with E-state index in [2.05, 4.69) is 35.1 Å². The Kier molecular flexibility index (Phi) is 10.5. The summed E-state index contributed by atoms with van der Waals surface area (Å²) in [7, 11) is -1.97. The van der Waals surface area contributed by atoms with Crippen molar-refractivity contribution in [2.75, 3.05) is 18.9 Å². The number of anilines is 1. The number of esters is 1. The molecule has 14 heteroatoms. The number of rotatable bonds is 13. The van der Waals surface area contributed by atoms with Crippen molar-refractivity contribution >= 4 is 25.8 Å². The first-order valence-corrected chi connectivity index (χ1v) is 16.6. The van der Waals surface area contributed by atoms with Gasteiger partial charge in [-0.25, -0.2) is 14.6 Å². The molecule has 0 bridgehead atoms. The molecule has 3 aromatic rings. The number of benzene rings is 1. The molecular weight excluding hydrogens is 599 g/mol. The Morgan fingerprint density at radius 2 is 2.04 bits per heavy atom. The summed E-state index contributed by atoms with van der Waals surface area (Å²) in [5, 5.41) is 39.7. The zero-order valence-electron chi connectivity index (χ0n) is 25.8. The van der Waals surface area contributed by atoms with E-state index in [9.17, 15) is 20.3 Å². The molecule has 1 unspecified atom stereocenters. The van der Waals surface area contributed by atoms with Crippen molar-refractivity contribution in [3.63, 3.8) is 0 Å². The highest BCUT2D eigenvalue weighted by molar-refractivity contribution is 7.45. The molecule has 1 fully saturated rings. The summed E-state index contributed by atoms with van der Waals surface area (Å²) < 4.78 is 25.5. The van der Waals surface area contributed by atoms with Gasteiger partial charge >= 0.3 is 14.5 Å². The van der Waals surface area contributed by atoms with Crippen molar-refractivity contribution in [3.05, 3.63) is 53.5 Å². The molecule has 0 amide bonds. The van der Waals surface area contributed by atoms with Gasteiger partial charge in [0.15, 0.2) is 5.82 Å². The molecule has 1 aliphatic carbocycles. The lowest BCUT2D eigenvalue weighted by Gasteiger charge is -2.26. The second-order valence-corrected chi connectivity index (χ2v) is 12.7. The van der Waals surface area contributed by atoms with E-state index in [0.29, 0.717) is 17.9 Å². The molecule has 13 nitrogen and oxygen atoms in total. The van der Waals surface area contributed by atoms with Crippen LogP contribution < -0.4 is 15.3 Å². The molecule has 2 aromatic heterocycles. The number of aryl methyl sites for hydroxylation is 1. The van der Waals surface area contributed by atoms with Crippen molar-refractivity contribution in [2.45, 2.75) is 89.3 Å². The fraction of sp³-hybridized carbons (Fsp3) is 0.548. The van der Waals surface area contributed by atoms with Gasteiger partial charge in [-0.15, -0.1) is 0 Å². The van der Waals surface area contributed by atoms with Crippen LogP contribution in [-0.4, -0.2) is 68.3 Å². The molecule has 5 N–H and O–H groups in total. The van der Waals surface area contributed by atoms with Crippen LogP contribution >= 0.6 is 8.53 Å². The van der Waals surface area contributed by atoms with Gasteiger partial charge in [-0.1, -0.05) is 38.8 Å². The maximum absolute atomic E-state index is 12.9. The van der Waals surface area contributed by atoms with Crippen LogP contribution in [0, 0.1) is 17.2 Å². The smallest absolute Gasteiger partial charge is 0.323 e. The van der Waals surface area contributed by atoms with Gasteiger partial charge in [-0.2, -0.15) is 10.4 Å². The third-order valence-corrected chi connectivity index (χ3v) is 9.99. The van der Waals surface area contributed by atoms with Gasteiger partial charge in [-0.3, -0.25) is 4.79 Å². The fourth-order valence-corrected chi connectivity index (χ4v) is 7.00. The number of ether oxygens (including phenoxy) is 2. The van der Waals surface area contributed by atoms with Crippen LogP contribution in [0.15, 0.2) is 36.7 Å². The Labute approximate surface area is 263 Å². The second kappa shape index (κ2) is 14.4. The third kappa shape index (κ3) is 6.77. The molecule has 45 heavy (non-hydrogen) atoms. The molecule has 2 aliphatic rings. The average Bonchev–Trinajstić information content (AvgIpc) is 3.60. The number of nitrogens with zero attached hydrogens (tertiary/aromatic N) is 4. The number of carbonyl (C=O) groups excluding carboxylic acids is 1. The van der Waals surface area contributed by atoms with Gasteiger partial charge in [0.1, 0.15) is 48.0 Å². The molecule has 1 aromatic carbocycles. The number of carbonyl (C=O) groups is 1. The number of nitrogens with one attached hydrogen (secondary N) is 1. The molecule has 242 valence electrons. The van der Waals surface area contributed by atoms with Crippen LogP contribution in [0.5, 0.6) is 5.75 Å². The number of nitriles is 1. The van der Waals surface area contributed by atoms with Gasteiger partial charge in [0.25, 0.3) is 0 Å². The number of nitrogens with two attached hydrogens (primary N) is 1. The van der Waals surface area contributed by atoms with Crippen molar-refractivity contribution in [3.8, 4) is 11.8 Å². The first-order chi connectivity index (χ1) is 21.7. The SMILES string of the molecule is CCC(CC)COC(=O)[C@H](C)NP(OC[C@H]1O[C@@](C#N)(c2ccc3c(N)ncnn23)[C@H](O)[C@@H]1O)Oc1cccc2c1CCCC2. The number of nitrogen functional groups attached to an aromatic ring is 1. The Morgan fingerprint density at radius 3 is 2.80 bits per heavy atom. The molecule has 1 aliphatic heterocycles. The first kappa shape index (κ1) is 33.0. The van der Waals surface area contributed by atoms with Crippen LogP contribution in [-0.2, 0) is 37.2 Å². The number of aromatic nitrogens is 3. The Balaban J connectivity index is 1.34. The predicted octanol–water partition coefficient (Wildman–Crippen LogP) is 3.31. The van der Waals surface area contributed by atoms with Crippen molar-refractivity contribution in [1.29, 1.82) is 5.26 Å². The molecular formula is C31H41N6O7P. The van der Waals surface area contributed by atoms with Crippen LogP contribution in [0.4, 0.5) is 5.82 Å². The zero-order valence-corrected chi connectivity index (χ0v) is 26.7. The molecule has 5 rings (SSSR count). The van der Waals surface area contributed by atoms with E-state index in [1.54, 1.807) is 19.1 Å². The first-order valence-electron chi connectivity index (χ1n) is 15.4. The van der Waals surface area contributed by atoms with Crippen molar-refractivity contribution in [2.24, 2.45) is 5.92 Å².